The molecular formula is C15H26N4. The van der Waals surface area contributed by atoms with Crippen LogP contribution in [0.4, 0.5) is 5.69 Å². The third kappa shape index (κ3) is 3.24. The second-order valence-corrected chi connectivity index (χ2v) is 6.61. The Labute approximate surface area is 116 Å². The SMILES string of the molecule is CC(C)c1nc(C(C)(C)C)ncc1N1CCNCC1. The summed E-state index contributed by atoms with van der Waals surface area (Å²) in [5.74, 6) is 1.36. The molecule has 1 saturated heterocycles. The molecule has 1 aliphatic rings. The van der Waals surface area contributed by atoms with Crippen molar-refractivity contribution in [1.29, 1.82) is 0 Å². The molecule has 0 aromatic carbocycles. The molecule has 2 rings (SSSR count). The molecule has 1 aliphatic heterocycles. The summed E-state index contributed by atoms with van der Waals surface area (Å²) < 4.78 is 0. The van der Waals surface area contributed by atoms with Crippen LogP contribution in [0.25, 0.3) is 0 Å². The summed E-state index contributed by atoms with van der Waals surface area (Å²) in [6.07, 6.45) is 2.02. The summed E-state index contributed by atoms with van der Waals surface area (Å²) in [5, 5.41) is 3.39. The quantitative estimate of drug-likeness (QED) is 0.888. The highest BCUT2D eigenvalue weighted by molar-refractivity contribution is 5.51. The molecule has 2 heterocycles. The van der Waals surface area contributed by atoms with E-state index in [1.165, 1.54) is 11.4 Å². The first kappa shape index (κ1) is 14.3. The zero-order valence-corrected chi connectivity index (χ0v) is 12.8. The van der Waals surface area contributed by atoms with E-state index in [-0.39, 0.29) is 5.41 Å². The number of hydrogen-bond acceptors (Lipinski definition) is 4. The molecule has 1 fully saturated rings. The van der Waals surface area contributed by atoms with Gasteiger partial charge in [0.25, 0.3) is 0 Å². The largest absolute Gasteiger partial charge is 0.366 e. The fourth-order valence-corrected chi connectivity index (χ4v) is 2.32. The molecule has 4 heteroatoms. The molecule has 0 saturated carbocycles. The normalized spacial score (nSPS) is 17.1. The maximum Gasteiger partial charge on any atom is 0.134 e. The lowest BCUT2D eigenvalue weighted by molar-refractivity contribution is 0.534. The van der Waals surface area contributed by atoms with E-state index in [2.05, 4.69) is 49.8 Å². The second-order valence-electron chi connectivity index (χ2n) is 6.61. The van der Waals surface area contributed by atoms with Crippen LogP contribution >= 0.6 is 0 Å². The van der Waals surface area contributed by atoms with Gasteiger partial charge in [-0.05, 0) is 5.92 Å². The van der Waals surface area contributed by atoms with Crippen molar-refractivity contribution in [2.75, 3.05) is 31.1 Å². The van der Waals surface area contributed by atoms with Crippen molar-refractivity contribution in [2.24, 2.45) is 0 Å². The van der Waals surface area contributed by atoms with Crippen LogP contribution in [0.15, 0.2) is 6.20 Å². The second kappa shape index (κ2) is 5.45. The van der Waals surface area contributed by atoms with Crippen molar-refractivity contribution in [3.05, 3.63) is 17.7 Å². The summed E-state index contributed by atoms with van der Waals surface area (Å²) in [4.78, 5) is 11.8. The van der Waals surface area contributed by atoms with Crippen LogP contribution in [0, 0.1) is 0 Å². The maximum atomic E-state index is 4.85. The van der Waals surface area contributed by atoms with Gasteiger partial charge in [-0.2, -0.15) is 0 Å². The lowest BCUT2D eigenvalue weighted by Crippen LogP contribution is -2.44. The van der Waals surface area contributed by atoms with Crippen LogP contribution in [0.2, 0.25) is 0 Å². The minimum atomic E-state index is 0.00558. The molecule has 0 aliphatic carbocycles. The van der Waals surface area contributed by atoms with Crippen LogP contribution in [0.1, 0.15) is 52.1 Å². The lowest BCUT2D eigenvalue weighted by atomic mass is 9.95. The standard InChI is InChI=1S/C15H26N4/c1-11(2)13-12(19-8-6-16-7-9-19)10-17-14(18-13)15(3,4)5/h10-11,16H,6-9H2,1-5H3. The third-order valence-electron chi connectivity index (χ3n) is 3.47. The minimum Gasteiger partial charge on any atom is -0.366 e. The molecule has 19 heavy (non-hydrogen) atoms. The first-order chi connectivity index (χ1) is 8.89. The first-order valence-corrected chi connectivity index (χ1v) is 7.22. The molecule has 106 valence electrons. The Morgan fingerprint density at radius 3 is 2.37 bits per heavy atom. The van der Waals surface area contributed by atoms with E-state index in [1.54, 1.807) is 0 Å². The molecule has 0 spiro atoms. The molecule has 0 unspecified atom stereocenters. The number of anilines is 1. The smallest absolute Gasteiger partial charge is 0.134 e. The van der Waals surface area contributed by atoms with Crippen LogP contribution in [-0.2, 0) is 5.41 Å². The number of nitrogens with one attached hydrogen (secondary N) is 1. The maximum absolute atomic E-state index is 4.85. The Hall–Kier alpha value is -1.16. The van der Waals surface area contributed by atoms with Gasteiger partial charge in [0.2, 0.25) is 0 Å². The van der Waals surface area contributed by atoms with Crippen molar-refractivity contribution in [2.45, 2.75) is 46.0 Å². The number of piperazine rings is 1. The zero-order valence-electron chi connectivity index (χ0n) is 12.8. The van der Waals surface area contributed by atoms with Crippen molar-refractivity contribution in [1.82, 2.24) is 15.3 Å². The van der Waals surface area contributed by atoms with Gasteiger partial charge < -0.3 is 10.2 Å². The van der Waals surface area contributed by atoms with E-state index in [0.717, 1.165) is 32.0 Å². The lowest BCUT2D eigenvalue weighted by Gasteiger charge is -2.32. The van der Waals surface area contributed by atoms with E-state index in [9.17, 15) is 0 Å². The average Bonchev–Trinajstić information content (AvgIpc) is 2.38. The summed E-state index contributed by atoms with van der Waals surface area (Å²) in [7, 11) is 0. The van der Waals surface area contributed by atoms with Gasteiger partial charge in [-0.3, -0.25) is 0 Å². The van der Waals surface area contributed by atoms with Gasteiger partial charge in [0, 0.05) is 31.6 Å². The highest BCUT2D eigenvalue weighted by Gasteiger charge is 2.23. The van der Waals surface area contributed by atoms with Gasteiger partial charge in [0.15, 0.2) is 0 Å². The summed E-state index contributed by atoms with van der Waals surface area (Å²) in [6, 6.07) is 0. The molecular weight excluding hydrogens is 236 g/mol. The van der Waals surface area contributed by atoms with Gasteiger partial charge in [0.1, 0.15) is 5.82 Å². The molecule has 1 aromatic rings. The highest BCUT2D eigenvalue weighted by atomic mass is 15.2. The average molecular weight is 262 g/mol. The fourth-order valence-electron chi connectivity index (χ4n) is 2.32. The van der Waals surface area contributed by atoms with Gasteiger partial charge in [-0.15, -0.1) is 0 Å². The van der Waals surface area contributed by atoms with Crippen molar-refractivity contribution >= 4 is 5.69 Å². The Morgan fingerprint density at radius 1 is 1.21 bits per heavy atom. The van der Waals surface area contributed by atoms with E-state index < -0.39 is 0 Å². The Bertz CT molecular complexity index is 428. The van der Waals surface area contributed by atoms with Gasteiger partial charge in [-0.25, -0.2) is 9.97 Å². The molecule has 0 radical (unpaired) electrons. The van der Waals surface area contributed by atoms with Crippen molar-refractivity contribution < 1.29 is 0 Å². The van der Waals surface area contributed by atoms with E-state index >= 15 is 0 Å². The monoisotopic (exact) mass is 262 g/mol. The fraction of sp³-hybridized carbons (Fsp3) is 0.733. The number of aromatic nitrogens is 2. The number of rotatable bonds is 2. The van der Waals surface area contributed by atoms with Crippen molar-refractivity contribution in [3.8, 4) is 0 Å². The van der Waals surface area contributed by atoms with Crippen LogP contribution in [-0.4, -0.2) is 36.1 Å². The third-order valence-corrected chi connectivity index (χ3v) is 3.47. The predicted octanol–water partition coefficient (Wildman–Crippen LogP) is 2.31. The van der Waals surface area contributed by atoms with Gasteiger partial charge in [0.05, 0.1) is 17.6 Å². The molecule has 0 amide bonds. The Kier molecular flexibility index (Phi) is 4.09. The van der Waals surface area contributed by atoms with Gasteiger partial charge in [-0.1, -0.05) is 34.6 Å². The molecule has 0 atom stereocenters. The number of nitrogens with zero attached hydrogens (tertiary/aromatic N) is 3. The van der Waals surface area contributed by atoms with E-state index in [0.29, 0.717) is 5.92 Å². The summed E-state index contributed by atoms with van der Waals surface area (Å²) in [5.41, 5.74) is 2.40. The van der Waals surface area contributed by atoms with Crippen LogP contribution in [0.3, 0.4) is 0 Å². The molecule has 4 nitrogen and oxygen atoms in total. The van der Waals surface area contributed by atoms with Crippen molar-refractivity contribution in [3.63, 3.8) is 0 Å². The Morgan fingerprint density at radius 2 is 1.84 bits per heavy atom. The summed E-state index contributed by atoms with van der Waals surface area (Å²) >= 11 is 0. The highest BCUT2D eigenvalue weighted by Crippen LogP contribution is 2.28. The summed E-state index contributed by atoms with van der Waals surface area (Å²) in [6.45, 7) is 15.1. The topological polar surface area (TPSA) is 41.1 Å². The van der Waals surface area contributed by atoms with Crippen LogP contribution < -0.4 is 10.2 Å². The zero-order chi connectivity index (χ0) is 14.0. The van der Waals surface area contributed by atoms with Crippen LogP contribution in [0.5, 0.6) is 0 Å². The number of hydrogen-bond donors (Lipinski definition) is 1. The molecule has 1 N–H and O–H groups in total. The van der Waals surface area contributed by atoms with E-state index in [4.69, 9.17) is 4.98 Å². The molecule has 0 bridgehead atoms. The Balaban J connectivity index is 2.37. The molecule has 1 aromatic heterocycles. The predicted molar refractivity (Wildman–Crippen MR) is 79.9 cm³/mol. The van der Waals surface area contributed by atoms with Gasteiger partial charge >= 0.3 is 0 Å². The first-order valence-electron chi connectivity index (χ1n) is 7.22. The minimum absolute atomic E-state index is 0.00558. The van der Waals surface area contributed by atoms with E-state index in [1.807, 2.05) is 6.20 Å².